The summed E-state index contributed by atoms with van der Waals surface area (Å²) in [7, 11) is 6.69. The number of nitrogens with zero attached hydrogens (tertiary/aromatic N) is 4. The monoisotopic (exact) mass is 413 g/mol. The predicted octanol–water partition coefficient (Wildman–Crippen LogP) is 0.0111. The van der Waals surface area contributed by atoms with Gasteiger partial charge in [0.15, 0.2) is 5.75 Å². The lowest BCUT2D eigenvalue weighted by molar-refractivity contribution is -0.119. The summed E-state index contributed by atoms with van der Waals surface area (Å²) in [6.07, 6.45) is 5.62. The standard InChI is InChI=1S/C21H27N5O4/c1-13(14-8-20(27)23-10-14)30-11-18-17(24-12-26(18)3)9-16(22-2)15-6-7-19(28-4)21(25-15)29-5/h6-7,9,11-14H,8,10H2,1-5H3,(H,23,27)/b17-9+,18-11-,22-16?. The zero-order valence-electron chi connectivity index (χ0n) is 17.9. The molecule has 3 heterocycles. The van der Waals surface area contributed by atoms with Crippen molar-refractivity contribution in [2.24, 2.45) is 18.0 Å². The number of carbonyl (C=O) groups excluding carboxylic acids is 1. The highest BCUT2D eigenvalue weighted by molar-refractivity contribution is 6.19. The molecule has 9 nitrogen and oxygen atoms in total. The highest BCUT2D eigenvalue weighted by Crippen LogP contribution is 2.24. The summed E-state index contributed by atoms with van der Waals surface area (Å²) < 4.78 is 18.3. The minimum absolute atomic E-state index is 0.0659. The topological polar surface area (TPSA) is 99.9 Å². The van der Waals surface area contributed by atoms with Gasteiger partial charge in [0, 0.05) is 33.0 Å². The smallest absolute Gasteiger partial charge is 0.257 e. The van der Waals surface area contributed by atoms with E-state index in [0.717, 1.165) is 5.35 Å². The zero-order chi connectivity index (χ0) is 21.7. The van der Waals surface area contributed by atoms with Crippen LogP contribution in [0.5, 0.6) is 11.6 Å². The van der Waals surface area contributed by atoms with Crippen molar-refractivity contribution in [3.8, 4) is 11.6 Å². The number of amides is 1. The van der Waals surface area contributed by atoms with Crippen LogP contribution in [0.2, 0.25) is 0 Å². The van der Waals surface area contributed by atoms with Gasteiger partial charge in [0.05, 0.1) is 37.3 Å². The molecule has 2 unspecified atom stereocenters. The lowest BCUT2D eigenvalue weighted by Gasteiger charge is -2.16. The largest absolute Gasteiger partial charge is 0.496 e. The number of aliphatic imine (C=N–C) groups is 1. The summed E-state index contributed by atoms with van der Waals surface area (Å²) in [5, 5.41) is 4.33. The van der Waals surface area contributed by atoms with E-state index in [-0.39, 0.29) is 17.9 Å². The Labute approximate surface area is 175 Å². The third kappa shape index (κ3) is 4.61. The molecule has 9 heteroatoms. The molecule has 0 bridgehead atoms. The quantitative estimate of drug-likeness (QED) is 0.642. The van der Waals surface area contributed by atoms with Gasteiger partial charge in [0.1, 0.15) is 17.7 Å². The van der Waals surface area contributed by atoms with Crippen LogP contribution in [0.4, 0.5) is 0 Å². The van der Waals surface area contributed by atoms with Gasteiger partial charge in [-0.3, -0.25) is 9.79 Å². The Morgan fingerprint density at radius 2 is 2.17 bits per heavy atom. The molecule has 2 aromatic rings. The zero-order valence-corrected chi connectivity index (χ0v) is 17.9. The van der Waals surface area contributed by atoms with E-state index in [1.807, 2.05) is 30.7 Å². The minimum atomic E-state index is -0.0986. The molecular weight excluding hydrogens is 386 g/mol. The maximum absolute atomic E-state index is 11.4. The Kier molecular flexibility index (Phi) is 6.71. The fraction of sp³-hybridized carbons (Fsp3) is 0.429. The molecule has 160 valence electrons. The number of aryl methyl sites for hydroxylation is 1. The molecule has 1 amide bonds. The van der Waals surface area contributed by atoms with Crippen molar-refractivity contribution in [1.82, 2.24) is 19.9 Å². The van der Waals surface area contributed by atoms with E-state index in [9.17, 15) is 4.79 Å². The third-order valence-corrected chi connectivity index (χ3v) is 5.10. The van der Waals surface area contributed by atoms with Crippen LogP contribution in [0.25, 0.3) is 12.3 Å². The molecule has 2 aromatic heterocycles. The van der Waals surface area contributed by atoms with Crippen LogP contribution in [-0.4, -0.2) is 60.1 Å². The van der Waals surface area contributed by atoms with E-state index in [0.29, 0.717) is 41.3 Å². The van der Waals surface area contributed by atoms with Gasteiger partial charge in [0.2, 0.25) is 5.91 Å². The number of nitrogens with one attached hydrogen (secondary N) is 1. The molecule has 1 fully saturated rings. The van der Waals surface area contributed by atoms with Crippen LogP contribution in [0.3, 0.4) is 0 Å². The average molecular weight is 413 g/mol. The van der Waals surface area contributed by atoms with E-state index >= 15 is 0 Å². The highest BCUT2D eigenvalue weighted by atomic mass is 16.5. The van der Waals surface area contributed by atoms with Gasteiger partial charge in [-0.25, -0.2) is 9.97 Å². The van der Waals surface area contributed by atoms with Crippen molar-refractivity contribution in [3.05, 3.63) is 34.9 Å². The van der Waals surface area contributed by atoms with E-state index < -0.39 is 0 Å². The predicted molar refractivity (Wildman–Crippen MR) is 113 cm³/mol. The van der Waals surface area contributed by atoms with Gasteiger partial charge >= 0.3 is 0 Å². The van der Waals surface area contributed by atoms with Crippen molar-refractivity contribution in [2.75, 3.05) is 27.8 Å². The number of rotatable bonds is 7. The summed E-state index contributed by atoms with van der Waals surface area (Å²) in [6, 6.07) is 3.60. The third-order valence-electron chi connectivity index (χ3n) is 5.10. The molecule has 2 atom stereocenters. The Morgan fingerprint density at radius 3 is 2.80 bits per heavy atom. The molecular formula is C21H27N5O4. The van der Waals surface area contributed by atoms with Gasteiger partial charge in [-0.1, -0.05) is 0 Å². The summed E-state index contributed by atoms with van der Waals surface area (Å²) in [4.78, 5) is 24.7. The first-order valence-corrected chi connectivity index (χ1v) is 9.64. The molecule has 1 aliphatic heterocycles. The van der Waals surface area contributed by atoms with Crippen molar-refractivity contribution >= 4 is 24.0 Å². The molecule has 0 aromatic carbocycles. The molecule has 0 spiro atoms. The Hall–Kier alpha value is -3.36. The number of imidazole rings is 1. The van der Waals surface area contributed by atoms with Crippen molar-refractivity contribution in [1.29, 1.82) is 0 Å². The van der Waals surface area contributed by atoms with Crippen LogP contribution in [0.1, 0.15) is 19.0 Å². The lowest BCUT2D eigenvalue weighted by Crippen LogP contribution is -2.32. The summed E-state index contributed by atoms with van der Waals surface area (Å²) >= 11 is 0. The number of hydrogen-bond donors (Lipinski definition) is 1. The minimum Gasteiger partial charge on any atom is -0.496 e. The van der Waals surface area contributed by atoms with Crippen molar-refractivity contribution < 1.29 is 19.0 Å². The second-order valence-electron chi connectivity index (χ2n) is 7.01. The number of carbonyl (C=O) groups is 1. The molecule has 0 aliphatic carbocycles. The molecule has 1 aliphatic rings. The van der Waals surface area contributed by atoms with Crippen LogP contribution in [0.15, 0.2) is 23.5 Å². The maximum Gasteiger partial charge on any atom is 0.257 e. The van der Waals surface area contributed by atoms with Crippen LogP contribution >= 0.6 is 0 Å². The fourth-order valence-corrected chi connectivity index (χ4v) is 3.21. The van der Waals surface area contributed by atoms with Crippen molar-refractivity contribution in [2.45, 2.75) is 19.4 Å². The maximum atomic E-state index is 11.4. The highest BCUT2D eigenvalue weighted by Gasteiger charge is 2.27. The normalized spacial score (nSPS) is 19.0. The van der Waals surface area contributed by atoms with Gasteiger partial charge in [-0.2, -0.15) is 0 Å². The molecule has 3 rings (SSSR count). The van der Waals surface area contributed by atoms with Gasteiger partial charge in [0.25, 0.3) is 5.88 Å². The van der Waals surface area contributed by atoms with E-state index in [4.69, 9.17) is 14.2 Å². The number of methoxy groups -OCH3 is 2. The number of ether oxygens (including phenoxy) is 3. The summed E-state index contributed by atoms with van der Waals surface area (Å²) in [6.45, 7) is 2.60. The number of hydrogen-bond acceptors (Lipinski definition) is 7. The van der Waals surface area contributed by atoms with Gasteiger partial charge in [-0.15, -0.1) is 0 Å². The molecule has 30 heavy (non-hydrogen) atoms. The molecule has 1 N–H and O–H groups in total. The Balaban J connectivity index is 1.91. The second kappa shape index (κ2) is 9.43. The van der Waals surface area contributed by atoms with E-state index in [1.54, 1.807) is 39.9 Å². The summed E-state index contributed by atoms with van der Waals surface area (Å²) in [5.41, 5.74) is 1.28. The number of aromatic nitrogens is 3. The Morgan fingerprint density at radius 1 is 1.37 bits per heavy atom. The SMILES string of the molecule is CN=C(/C=c1/ncn(C)/c1=C\OC(C)C1CNC(=O)C1)c1ccc(OC)c(OC)n1. The first-order valence-electron chi connectivity index (χ1n) is 9.64. The van der Waals surface area contributed by atoms with Crippen LogP contribution in [-0.2, 0) is 16.6 Å². The second-order valence-corrected chi connectivity index (χ2v) is 7.01. The van der Waals surface area contributed by atoms with E-state index in [2.05, 4.69) is 20.3 Å². The summed E-state index contributed by atoms with van der Waals surface area (Å²) in [5.74, 6) is 1.15. The van der Waals surface area contributed by atoms with Gasteiger partial charge in [-0.05, 0) is 25.1 Å². The molecule has 0 radical (unpaired) electrons. The number of pyridine rings is 1. The van der Waals surface area contributed by atoms with Crippen LogP contribution in [0, 0.1) is 5.92 Å². The molecule has 1 saturated heterocycles. The first-order chi connectivity index (χ1) is 14.5. The first kappa shape index (κ1) is 21.4. The average Bonchev–Trinajstić information content (AvgIpc) is 3.35. The Bertz CT molecular complexity index is 1060. The van der Waals surface area contributed by atoms with E-state index in [1.165, 1.54) is 0 Å². The molecule has 0 saturated carbocycles. The lowest BCUT2D eigenvalue weighted by atomic mass is 10.0. The fourth-order valence-electron chi connectivity index (χ4n) is 3.21. The van der Waals surface area contributed by atoms with Crippen molar-refractivity contribution in [3.63, 3.8) is 0 Å². The van der Waals surface area contributed by atoms with Crippen LogP contribution < -0.4 is 25.5 Å². The van der Waals surface area contributed by atoms with Gasteiger partial charge < -0.3 is 24.1 Å².